The van der Waals surface area contributed by atoms with Crippen LogP contribution in [-0.4, -0.2) is 21.1 Å². The molecule has 0 fully saturated rings. The predicted molar refractivity (Wildman–Crippen MR) is 95.5 cm³/mol. The Kier molecular flexibility index (Phi) is 4.25. The molecule has 0 radical (unpaired) electrons. The van der Waals surface area contributed by atoms with E-state index in [0.29, 0.717) is 16.9 Å². The highest BCUT2D eigenvalue weighted by Crippen LogP contribution is 2.14. The van der Waals surface area contributed by atoms with Gasteiger partial charge in [0.2, 0.25) is 5.91 Å². The quantitative estimate of drug-likeness (QED) is 0.669. The molecule has 128 valence electrons. The minimum absolute atomic E-state index is 0.0958. The number of primary amides is 1. The molecule has 0 aliphatic rings. The third-order valence-corrected chi connectivity index (χ3v) is 3.79. The number of benzene rings is 2. The van der Waals surface area contributed by atoms with Crippen molar-refractivity contribution in [2.45, 2.75) is 6.54 Å². The van der Waals surface area contributed by atoms with Gasteiger partial charge in [-0.3, -0.25) is 13.9 Å². The molecule has 3 aromatic rings. The molecule has 1 heterocycles. The summed E-state index contributed by atoms with van der Waals surface area (Å²) in [5.41, 5.74) is 7.32. The average molecular weight is 339 g/mol. The number of urea groups is 1. The fraction of sp³-hybridized carbons (Fsp3) is 0.118. The Labute approximate surface area is 142 Å². The fourth-order valence-corrected chi connectivity index (χ4v) is 2.64. The molecular weight excluding hydrogens is 322 g/mol. The van der Waals surface area contributed by atoms with Crippen molar-refractivity contribution in [1.82, 2.24) is 9.13 Å². The van der Waals surface area contributed by atoms with Crippen LogP contribution in [0.25, 0.3) is 11.0 Å². The first-order valence-corrected chi connectivity index (χ1v) is 7.56. The summed E-state index contributed by atoms with van der Waals surface area (Å²) in [6.07, 6.45) is 0. The summed E-state index contributed by atoms with van der Waals surface area (Å²) in [5, 5.41) is 5.15. The van der Waals surface area contributed by atoms with Gasteiger partial charge in [-0.05, 0) is 36.4 Å². The largest absolute Gasteiger partial charge is 0.351 e. The van der Waals surface area contributed by atoms with E-state index in [9.17, 15) is 14.4 Å². The lowest BCUT2D eigenvalue weighted by atomic mass is 10.2. The third kappa shape index (κ3) is 3.37. The van der Waals surface area contributed by atoms with Crippen LogP contribution in [0.1, 0.15) is 0 Å². The number of nitrogens with zero attached hydrogens (tertiary/aromatic N) is 2. The van der Waals surface area contributed by atoms with Gasteiger partial charge in [-0.2, -0.15) is 0 Å². The number of carbonyl (C=O) groups excluding carboxylic acids is 2. The maximum Gasteiger partial charge on any atom is 0.329 e. The van der Waals surface area contributed by atoms with E-state index in [1.807, 2.05) is 18.2 Å². The van der Waals surface area contributed by atoms with Crippen molar-refractivity contribution in [3.63, 3.8) is 0 Å². The second kappa shape index (κ2) is 6.52. The maximum atomic E-state index is 12.3. The Hall–Kier alpha value is -3.55. The lowest BCUT2D eigenvalue weighted by Gasteiger charge is -2.07. The van der Waals surface area contributed by atoms with Gasteiger partial charge in [0.1, 0.15) is 6.54 Å². The van der Waals surface area contributed by atoms with Crippen LogP contribution in [-0.2, 0) is 18.4 Å². The molecule has 0 unspecified atom stereocenters. The fourth-order valence-electron chi connectivity index (χ4n) is 2.64. The molecular formula is C17H17N5O3. The molecule has 1 aromatic heterocycles. The molecule has 8 nitrogen and oxygen atoms in total. The smallest absolute Gasteiger partial charge is 0.329 e. The number of amides is 3. The zero-order chi connectivity index (χ0) is 18.0. The average Bonchev–Trinajstić information content (AvgIpc) is 2.82. The van der Waals surface area contributed by atoms with Crippen LogP contribution in [0.2, 0.25) is 0 Å². The number of aryl methyl sites for hydroxylation is 1. The Morgan fingerprint density at radius 3 is 2.12 bits per heavy atom. The Balaban J connectivity index is 1.76. The minimum Gasteiger partial charge on any atom is -0.351 e. The van der Waals surface area contributed by atoms with Crippen molar-refractivity contribution in [1.29, 1.82) is 0 Å². The molecule has 0 spiro atoms. The first kappa shape index (κ1) is 16.3. The van der Waals surface area contributed by atoms with Gasteiger partial charge in [0.25, 0.3) is 0 Å². The van der Waals surface area contributed by atoms with Gasteiger partial charge in [-0.25, -0.2) is 9.59 Å². The van der Waals surface area contributed by atoms with E-state index in [-0.39, 0.29) is 18.1 Å². The zero-order valence-electron chi connectivity index (χ0n) is 13.5. The van der Waals surface area contributed by atoms with E-state index >= 15 is 0 Å². The van der Waals surface area contributed by atoms with E-state index in [4.69, 9.17) is 5.73 Å². The summed E-state index contributed by atoms with van der Waals surface area (Å²) >= 11 is 0. The first-order chi connectivity index (χ1) is 12.0. The summed E-state index contributed by atoms with van der Waals surface area (Å²) in [6.45, 7) is -0.0958. The van der Waals surface area contributed by atoms with Crippen molar-refractivity contribution < 1.29 is 9.59 Å². The number of rotatable bonds is 4. The van der Waals surface area contributed by atoms with Crippen LogP contribution >= 0.6 is 0 Å². The molecule has 0 saturated heterocycles. The molecule has 25 heavy (non-hydrogen) atoms. The Morgan fingerprint density at radius 1 is 0.960 bits per heavy atom. The highest BCUT2D eigenvalue weighted by molar-refractivity contribution is 5.92. The van der Waals surface area contributed by atoms with Crippen molar-refractivity contribution in [2.75, 3.05) is 10.6 Å². The third-order valence-electron chi connectivity index (χ3n) is 3.79. The van der Waals surface area contributed by atoms with E-state index in [0.717, 1.165) is 5.52 Å². The topological polar surface area (TPSA) is 111 Å². The number of nitrogens with two attached hydrogens (primary N) is 1. The monoisotopic (exact) mass is 339 g/mol. The minimum atomic E-state index is -0.660. The predicted octanol–water partition coefficient (Wildman–Crippen LogP) is 1.47. The number of aromatic nitrogens is 2. The molecule has 3 rings (SSSR count). The number of nitrogens with one attached hydrogen (secondary N) is 2. The number of imidazole rings is 1. The van der Waals surface area contributed by atoms with Crippen molar-refractivity contribution in [3.8, 4) is 0 Å². The van der Waals surface area contributed by atoms with Gasteiger partial charge < -0.3 is 16.4 Å². The second-order valence-corrected chi connectivity index (χ2v) is 5.53. The first-order valence-electron chi connectivity index (χ1n) is 7.56. The van der Waals surface area contributed by atoms with Gasteiger partial charge in [-0.1, -0.05) is 12.1 Å². The van der Waals surface area contributed by atoms with Gasteiger partial charge >= 0.3 is 11.7 Å². The van der Waals surface area contributed by atoms with Gasteiger partial charge in [-0.15, -0.1) is 0 Å². The van der Waals surface area contributed by atoms with Crippen LogP contribution in [0, 0.1) is 0 Å². The van der Waals surface area contributed by atoms with Crippen LogP contribution in [0.15, 0.2) is 53.3 Å². The van der Waals surface area contributed by atoms with Crippen LogP contribution in [0.4, 0.5) is 16.2 Å². The summed E-state index contributed by atoms with van der Waals surface area (Å²) in [4.78, 5) is 35.4. The molecule has 0 aliphatic carbocycles. The van der Waals surface area contributed by atoms with Crippen LogP contribution < -0.4 is 22.1 Å². The summed E-state index contributed by atoms with van der Waals surface area (Å²) in [6, 6.07) is 13.1. The normalized spacial score (nSPS) is 10.6. The van der Waals surface area contributed by atoms with E-state index in [2.05, 4.69) is 10.6 Å². The van der Waals surface area contributed by atoms with Crippen molar-refractivity contribution in [2.24, 2.45) is 12.8 Å². The van der Waals surface area contributed by atoms with E-state index in [1.165, 1.54) is 9.13 Å². The molecule has 4 N–H and O–H groups in total. The molecule has 0 aliphatic heterocycles. The SMILES string of the molecule is Cn1c(=O)n(CC(=O)Nc2ccc(NC(N)=O)cc2)c2ccccc21. The van der Waals surface area contributed by atoms with Crippen molar-refractivity contribution >= 4 is 34.3 Å². The van der Waals surface area contributed by atoms with Gasteiger partial charge in [0.15, 0.2) is 0 Å². The van der Waals surface area contributed by atoms with Gasteiger partial charge in [0, 0.05) is 18.4 Å². The Morgan fingerprint density at radius 2 is 1.52 bits per heavy atom. The summed E-state index contributed by atoms with van der Waals surface area (Å²) < 4.78 is 2.93. The molecule has 3 amide bonds. The maximum absolute atomic E-state index is 12.3. The molecule has 0 atom stereocenters. The summed E-state index contributed by atoms with van der Waals surface area (Å²) in [5.74, 6) is -0.325. The lowest BCUT2D eigenvalue weighted by molar-refractivity contribution is -0.116. The van der Waals surface area contributed by atoms with E-state index < -0.39 is 6.03 Å². The van der Waals surface area contributed by atoms with Gasteiger partial charge in [0.05, 0.1) is 11.0 Å². The highest BCUT2D eigenvalue weighted by atomic mass is 16.2. The number of carbonyl (C=O) groups is 2. The van der Waals surface area contributed by atoms with E-state index in [1.54, 1.807) is 37.4 Å². The lowest BCUT2D eigenvalue weighted by Crippen LogP contribution is -2.28. The number of fused-ring (bicyclic) bond motifs is 1. The zero-order valence-corrected chi connectivity index (χ0v) is 13.5. The highest BCUT2D eigenvalue weighted by Gasteiger charge is 2.13. The number of hydrogen-bond donors (Lipinski definition) is 3. The van der Waals surface area contributed by atoms with Crippen molar-refractivity contribution in [3.05, 3.63) is 59.0 Å². The summed E-state index contributed by atoms with van der Waals surface area (Å²) in [7, 11) is 1.67. The molecule has 8 heteroatoms. The Bertz CT molecular complexity index is 1000. The molecule has 0 saturated carbocycles. The number of anilines is 2. The second-order valence-electron chi connectivity index (χ2n) is 5.53. The standard InChI is InChI=1S/C17H17N5O3/c1-21-13-4-2-3-5-14(13)22(17(21)25)10-15(23)19-11-6-8-12(9-7-11)20-16(18)24/h2-9H,10H2,1H3,(H,19,23)(H3,18,20,24). The van der Waals surface area contributed by atoms with Crippen LogP contribution in [0.3, 0.4) is 0 Å². The molecule has 0 bridgehead atoms. The van der Waals surface area contributed by atoms with Crippen LogP contribution in [0.5, 0.6) is 0 Å². The molecule has 2 aromatic carbocycles. The number of hydrogen-bond acceptors (Lipinski definition) is 3. The number of para-hydroxylation sites is 2.